The highest BCUT2D eigenvalue weighted by atomic mass is 127. The zero-order chi connectivity index (χ0) is 8.97. The van der Waals surface area contributed by atoms with Crippen LogP contribution in [0.4, 0.5) is 0 Å². The van der Waals surface area contributed by atoms with Gasteiger partial charge in [-0.25, -0.2) is 0 Å². The van der Waals surface area contributed by atoms with Gasteiger partial charge in [0.1, 0.15) is 0 Å². The number of benzene rings is 1. The van der Waals surface area contributed by atoms with Gasteiger partial charge >= 0.3 is 0 Å². The van der Waals surface area contributed by atoms with Crippen LogP contribution in [-0.4, -0.2) is 0 Å². The summed E-state index contributed by atoms with van der Waals surface area (Å²) >= 11 is 2.30. The normalized spacial score (nSPS) is 12.9. The Kier molecular flexibility index (Phi) is 4.01. The fourth-order valence-electron chi connectivity index (χ4n) is 1.19. The lowest BCUT2D eigenvalue weighted by atomic mass is 10.0. The average molecular weight is 275 g/mol. The summed E-state index contributed by atoms with van der Waals surface area (Å²) in [5, 5.41) is 0. The van der Waals surface area contributed by atoms with Gasteiger partial charge in [-0.15, -0.1) is 0 Å². The topological polar surface area (TPSA) is 26.0 Å². The minimum atomic E-state index is 0.215. The van der Waals surface area contributed by atoms with E-state index in [0.717, 1.165) is 12.8 Å². The summed E-state index contributed by atoms with van der Waals surface area (Å²) in [4.78, 5) is 0. The lowest BCUT2D eigenvalue weighted by Crippen LogP contribution is -2.09. The quantitative estimate of drug-likeness (QED) is 0.843. The third-order valence-corrected chi connectivity index (χ3v) is 2.62. The summed E-state index contributed by atoms with van der Waals surface area (Å²) in [7, 11) is 0. The van der Waals surface area contributed by atoms with Crippen LogP contribution in [0.15, 0.2) is 24.3 Å². The van der Waals surface area contributed by atoms with Gasteiger partial charge in [0.05, 0.1) is 0 Å². The standard InChI is InChI=1S/C10H14IN/c1-2-3-10(12)8-4-6-9(11)7-5-8/h4-7,10H,2-3,12H2,1H3/t10-/m1/s1. The van der Waals surface area contributed by atoms with E-state index in [1.807, 2.05) is 0 Å². The summed E-state index contributed by atoms with van der Waals surface area (Å²) in [6.45, 7) is 2.16. The van der Waals surface area contributed by atoms with Crippen molar-refractivity contribution in [3.63, 3.8) is 0 Å². The molecular formula is C10H14IN. The SMILES string of the molecule is CCC[C@@H](N)c1ccc(I)cc1. The molecule has 0 heterocycles. The largest absolute Gasteiger partial charge is 0.324 e. The molecule has 2 heteroatoms. The molecule has 0 unspecified atom stereocenters. The molecule has 0 aliphatic rings. The molecular weight excluding hydrogens is 261 g/mol. The number of halogens is 1. The molecule has 0 aliphatic carbocycles. The van der Waals surface area contributed by atoms with Crippen molar-refractivity contribution in [1.82, 2.24) is 0 Å². The Labute approximate surface area is 87.5 Å². The first-order valence-electron chi connectivity index (χ1n) is 4.25. The first-order valence-corrected chi connectivity index (χ1v) is 5.33. The van der Waals surface area contributed by atoms with E-state index in [1.54, 1.807) is 0 Å². The van der Waals surface area contributed by atoms with E-state index in [2.05, 4.69) is 53.8 Å². The van der Waals surface area contributed by atoms with Crippen molar-refractivity contribution in [2.45, 2.75) is 25.8 Å². The minimum Gasteiger partial charge on any atom is -0.324 e. The zero-order valence-electron chi connectivity index (χ0n) is 7.26. The minimum absolute atomic E-state index is 0.215. The summed E-state index contributed by atoms with van der Waals surface area (Å²) in [5.74, 6) is 0. The highest BCUT2D eigenvalue weighted by molar-refractivity contribution is 14.1. The molecule has 0 amide bonds. The van der Waals surface area contributed by atoms with Crippen molar-refractivity contribution in [1.29, 1.82) is 0 Å². The summed E-state index contributed by atoms with van der Waals surface area (Å²) in [6, 6.07) is 8.65. The molecule has 1 nitrogen and oxygen atoms in total. The summed E-state index contributed by atoms with van der Waals surface area (Å²) < 4.78 is 1.26. The van der Waals surface area contributed by atoms with Gasteiger partial charge in [0.15, 0.2) is 0 Å². The van der Waals surface area contributed by atoms with Crippen LogP contribution < -0.4 is 5.73 Å². The van der Waals surface area contributed by atoms with Crippen LogP contribution in [-0.2, 0) is 0 Å². The average Bonchev–Trinajstić information content (AvgIpc) is 2.06. The van der Waals surface area contributed by atoms with E-state index < -0.39 is 0 Å². The van der Waals surface area contributed by atoms with Crippen molar-refractivity contribution in [3.8, 4) is 0 Å². The van der Waals surface area contributed by atoms with Crippen LogP contribution in [0.25, 0.3) is 0 Å². The van der Waals surface area contributed by atoms with Gasteiger partial charge in [0.25, 0.3) is 0 Å². The van der Waals surface area contributed by atoms with Gasteiger partial charge in [-0.05, 0) is 46.7 Å². The Bertz CT molecular complexity index is 230. The maximum Gasteiger partial charge on any atom is 0.0294 e. The molecule has 0 fully saturated rings. The van der Waals surface area contributed by atoms with E-state index in [1.165, 1.54) is 9.13 Å². The second-order valence-electron chi connectivity index (χ2n) is 2.95. The van der Waals surface area contributed by atoms with E-state index in [-0.39, 0.29) is 6.04 Å². The molecule has 12 heavy (non-hydrogen) atoms. The van der Waals surface area contributed by atoms with E-state index in [0.29, 0.717) is 0 Å². The second-order valence-corrected chi connectivity index (χ2v) is 4.19. The second kappa shape index (κ2) is 4.82. The van der Waals surface area contributed by atoms with Gasteiger partial charge in [0, 0.05) is 9.61 Å². The van der Waals surface area contributed by atoms with Gasteiger partial charge in [-0.1, -0.05) is 25.5 Å². The molecule has 0 saturated carbocycles. The third kappa shape index (κ3) is 2.75. The highest BCUT2D eigenvalue weighted by Crippen LogP contribution is 2.16. The van der Waals surface area contributed by atoms with Gasteiger partial charge in [0.2, 0.25) is 0 Å². The van der Waals surface area contributed by atoms with Crippen molar-refractivity contribution in [2.75, 3.05) is 0 Å². The first-order chi connectivity index (χ1) is 5.74. The Morgan fingerprint density at radius 2 is 1.92 bits per heavy atom. The molecule has 0 spiro atoms. The molecule has 1 aromatic rings. The maximum absolute atomic E-state index is 5.95. The van der Waals surface area contributed by atoms with Gasteiger partial charge in [-0.2, -0.15) is 0 Å². The number of rotatable bonds is 3. The summed E-state index contributed by atoms with van der Waals surface area (Å²) in [6.07, 6.45) is 2.22. The molecule has 1 rings (SSSR count). The Morgan fingerprint density at radius 1 is 1.33 bits per heavy atom. The molecule has 66 valence electrons. The highest BCUT2D eigenvalue weighted by Gasteiger charge is 2.02. The molecule has 2 N–H and O–H groups in total. The Morgan fingerprint density at radius 3 is 2.42 bits per heavy atom. The van der Waals surface area contributed by atoms with Crippen molar-refractivity contribution in [3.05, 3.63) is 33.4 Å². The van der Waals surface area contributed by atoms with Crippen molar-refractivity contribution in [2.24, 2.45) is 5.73 Å². The fourth-order valence-corrected chi connectivity index (χ4v) is 1.55. The van der Waals surface area contributed by atoms with Gasteiger partial charge < -0.3 is 5.73 Å². The van der Waals surface area contributed by atoms with Crippen LogP contribution in [0.2, 0.25) is 0 Å². The molecule has 0 radical (unpaired) electrons. The van der Waals surface area contributed by atoms with Crippen LogP contribution >= 0.6 is 22.6 Å². The van der Waals surface area contributed by atoms with E-state index >= 15 is 0 Å². The Balaban J connectivity index is 2.68. The molecule has 0 bridgehead atoms. The van der Waals surface area contributed by atoms with Crippen LogP contribution in [0.1, 0.15) is 31.4 Å². The zero-order valence-corrected chi connectivity index (χ0v) is 9.41. The van der Waals surface area contributed by atoms with Crippen molar-refractivity contribution >= 4 is 22.6 Å². The molecule has 0 saturated heterocycles. The molecule has 1 atom stereocenters. The van der Waals surface area contributed by atoms with Crippen molar-refractivity contribution < 1.29 is 0 Å². The molecule has 1 aromatic carbocycles. The lowest BCUT2D eigenvalue weighted by Gasteiger charge is -2.09. The number of hydrogen-bond acceptors (Lipinski definition) is 1. The predicted molar refractivity (Wildman–Crippen MR) is 61.0 cm³/mol. The maximum atomic E-state index is 5.95. The lowest BCUT2D eigenvalue weighted by molar-refractivity contribution is 0.638. The number of nitrogens with two attached hydrogens (primary N) is 1. The van der Waals surface area contributed by atoms with Gasteiger partial charge in [-0.3, -0.25) is 0 Å². The number of hydrogen-bond donors (Lipinski definition) is 1. The molecule has 0 aliphatic heterocycles. The van der Waals surface area contributed by atoms with Crippen LogP contribution in [0.5, 0.6) is 0 Å². The Hall–Kier alpha value is -0.0900. The third-order valence-electron chi connectivity index (χ3n) is 1.90. The first kappa shape index (κ1) is 9.99. The monoisotopic (exact) mass is 275 g/mol. The molecule has 0 aromatic heterocycles. The predicted octanol–water partition coefficient (Wildman–Crippen LogP) is 3.09. The van der Waals surface area contributed by atoms with E-state index in [4.69, 9.17) is 5.73 Å². The summed E-state index contributed by atoms with van der Waals surface area (Å²) in [5.41, 5.74) is 7.20. The van der Waals surface area contributed by atoms with E-state index in [9.17, 15) is 0 Å². The fraction of sp³-hybridized carbons (Fsp3) is 0.400. The van der Waals surface area contributed by atoms with Crippen LogP contribution in [0, 0.1) is 3.57 Å². The smallest absolute Gasteiger partial charge is 0.0294 e. The van der Waals surface area contributed by atoms with Crippen LogP contribution in [0.3, 0.4) is 0 Å².